The Hall–Kier alpha value is -3.84. The first-order chi connectivity index (χ1) is 18.7. The SMILES string of the molecule is CC(C)(C)OC(=O)NC(=N)NC(=O)OC(C)(C)C.CC(C)(C)OC(=O)NC(=NS(=O)(=O)C(F)(F)F)NC(=O)OC(C)(C)C. The molecule has 250 valence electrons. The number of carbonyl (C=O) groups excluding carboxylic acids is 4. The van der Waals surface area contributed by atoms with E-state index in [0.29, 0.717) is 0 Å². The number of rotatable bonds is 1. The van der Waals surface area contributed by atoms with Crippen molar-refractivity contribution in [2.45, 2.75) is 111 Å². The predicted octanol–water partition coefficient (Wildman–Crippen LogP) is 4.21. The first-order valence-corrected chi connectivity index (χ1v) is 13.7. The van der Waals surface area contributed by atoms with E-state index in [2.05, 4.69) is 15.0 Å². The number of alkyl halides is 3. The van der Waals surface area contributed by atoms with Gasteiger partial charge < -0.3 is 18.9 Å². The van der Waals surface area contributed by atoms with Crippen molar-refractivity contribution in [2.75, 3.05) is 0 Å². The second kappa shape index (κ2) is 15.1. The number of amides is 4. The fourth-order valence-corrected chi connectivity index (χ4v) is 2.33. The Balaban J connectivity index is 0. The molecule has 0 saturated heterocycles. The van der Waals surface area contributed by atoms with Gasteiger partial charge in [0, 0.05) is 0 Å². The van der Waals surface area contributed by atoms with Crippen molar-refractivity contribution < 1.29 is 59.7 Å². The summed E-state index contributed by atoms with van der Waals surface area (Å²) < 4.78 is 81.2. The van der Waals surface area contributed by atoms with E-state index in [4.69, 9.17) is 24.4 Å². The number of alkyl carbamates (subject to hydrolysis) is 4. The number of nitrogens with zero attached hydrogens (tertiary/aromatic N) is 1. The molecule has 0 aliphatic carbocycles. The summed E-state index contributed by atoms with van der Waals surface area (Å²) in [6.07, 6.45) is -4.30. The summed E-state index contributed by atoms with van der Waals surface area (Å²) >= 11 is 0. The summed E-state index contributed by atoms with van der Waals surface area (Å²) in [6, 6.07) is 0. The standard InChI is InChI=1S/C12H20F3N3O6S.C11H21N3O4/c1-10(2,3)23-8(19)16-7(17-9(20)24-11(4,5)6)18-25(21,22)12(13,14)15;1-10(2,3)17-8(15)13-7(12)14-9(16)18-11(4,5)6/h1-6H3,(H2,16,17,18,19,20);1-6H3,(H3,12,13,14,15,16). The average Bonchev–Trinajstić information content (AvgIpc) is 2.59. The molecule has 0 saturated carbocycles. The molecule has 0 aliphatic heterocycles. The van der Waals surface area contributed by atoms with E-state index in [9.17, 15) is 40.8 Å². The molecule has 0 radical (unpaired) electrons. The predicted molar refractivity (Wildman–Crippen MR) is 148 cm³/mol. The Kier molecular flexibility index (Phi) is 14.5. The van der Waals surface area contributed by atoms with Gasteiger partial charge in [0.1, 0.15) is 22.4 Å². The fourth-order valence-electron chi connectivity index (χ4n) is 1.89. The summed E-state index contributed by atoms with van der Waals surface area (Å²) in [5, 5.41) is 14.7. The molecule has 0 aromatic rings. The van der Waals surface area contributed by atoms with Crippen LogP contribution in [0.3, 0.4) is 0 Å². The van der Waals surface area contributed by atoms with E-state index < -0.39 is 74.2 Å². The Morgan fingerprint density at radius 1 is 0.558 bits per heavy atom. The molecule has 0 spiro atoms. The lowest BCUT2D eigenvalue weighted by Gasteiger charge is -2.22. The van der Waals surface area contributed by atoms with Crippen LogP contribution in [0.25, 0.3) is 0 Å². The van der Waals surface area contributed by atoms with Gasteiger partial charge in [-0.2, -0.15) is 21.6 Å². The first kappa shape index (κ1) is 41.3. The lowest BCUT2D eigenvalue weighted by atomic mass is 10.2. The van der Waals surface area contributed by atoms with Crippen LogP contribution < -0.4 is 21.3 Å². The fraction of sp³-hybridized carbons (Fsp3) is 0.739. The molecule has 43 heavy (non-hydrogen) atoms. The number of hydrogen-bond acceptors (Lipinski definition) is 11. The highest BCUT2D eigenvalue weighted by atomic mass is 32.2. The zero-order chi connectivity index (χ0) is 34.8. The van der Waals surface area contributed by atoms with Gasteiger partial charge in [0.2, 0.25) is 11.9 Å². The lowest BCUT2D eigenvalue weighted by Crippen LogP contribution is -2.48. The van der Waals surface area contributed by atoms with E-state index in [1.54, 1.807) is 52.2 Å². The van der Waals surface area contributed by atoms with Crippen LogP contribution in [-0.4, -0.2) is 72.6 Å². The molecule has 16 nitrogen and oxygen atoms in total. The molecule has 0 unspecified atom stereocenters. The average molecular weight is 651 g/mol. The maximum Gasteiger partial charge on any atom is 0.518 e. The Bertz CT molecular complexity index is 1100. The highest BCUT2D eigenvalue weighted by Gasteiger charge is 2.46. The van der Waals surface area contributed by atoms with Crippen molar-refractivity contribution in [3.05, 3.63) is 0 Å². The first-order valence-electron chi connectivity index (χ1n) is 12.2. The molecular weight excluding hydrogens is 609 g/mol. The van der Waals surface area contributed by atoms with Crippen LogP contribution >= 0.6 is 0 Å². The second-order valence-electron chi connectivity index (χ2n) is 12.2. The third-order valence-corrected chi connectivity index (χ3v) is 4.00. The third-order valence-electron chi connectivity index (χ3n) is 2.99. The van der Waals surface area contributed by atoms with Gasteiger partial charge in [0.15, 0.2) is 0 Å². The third kappa shape index (κ3) is 23.4. The van der Waals surface area contributed by atoms with E-state index >= 15 is 0 Å². The maximum atomic E-state index is 12.4. The molecular formula is C23H41F3N6O10S. The van der Waals surface area contributed by atoms with E-state index in [-0.39, 0.29) is 0 Å². The summed E-state index contributed by atoms with van der Waals surface area (Å²) in [6.45, 7) is 18.9. The van der Waals surface area contributed by atoms with Gasteiger partial charge in [-0.15, -0.1) is 4.40 Å². The Labute approximate surface area is 248 Å². The van der Waals surface area contributed by atoms with Crippen LogP contribution in [-0.2, 0) is 29.0 Å². The molecule has 0 aromatic heterocycles. The molecule has 0 bridgehead atoms. The van der Waals surface area contributed by atoms with Gasteiger partial charge in [-0.3, -0.25) is 26.7 Å². The van der Waals surface area contributed by atoms with Gasteiger partial charge in [-0.1, -0.05) is 0 Å². The zero-order valence-electron chi connectivity index (χ0n) is 26.1. The molecule has 0 aromatic carbocycles. The quantitative estimate of drug-likeness (QED) is 0.154. The molecule has 5 N–H and O–H groups in total. The van der Waals surface area contributed by atoms with Gasteiger partial charge in [-0.25, -0.2) is 19.2 Å². The Morgan fingerprint density at radius 3 is 1.00 bits per heavy atom. The normalized spacial score (nSPS) is 12.3. The minimum atomic E-state index is -6.03. The van der Waals surface area contributed by atoms with Gasteiger partial charge in [0.05, 0.1) is 0 Å². The van der Waals surface area contributed by atoms with E-state index in [1.165, 1.54) is 41.5 Å². The van der Waals surface area contributed by atoms with Gasteiger partial charge in [-0.05, 0) is 83.1 Å². The molecule has 0 fully saturated rings. The minimum absolute atomic E-state index is 0.501. The molecule has 0 atom stereocenters. The lowest BCUT2D eigenvalue weighted by molar-refractivity contribution is -0.0436. The van der Waals surface area contributed by atoms with Gasteiger partial charge >= 0.3 is 39.9 Å². The monoisotopic (exact) mass is 650 g/mol. The highest BCUT2D eigenvalue weighted by molar-refractivity contribution is 7.91. The molecule has 4 amide bonds. The van der Waals surface area contributed by atoms with Crippen molar-refractivity contribution in [1.82, 2.24) is 21.3 Å². The number of halogens is 3. The summed E-state index contributed by atoms with van der Waals surface area (Å²) in [7, 11) is -6.03. The summed E-state index contributed by atoms with van der Waals surface area (Å²) in [5.41, 5.74) is -9.15. The molecule has 0 heterocycles. The van der Waals surface area contributed by atoms with Crippen molar-refractivity contribution in [1.29, 1.82) is 5.41 Å². The summed E-state index contributed by atoms with van der Waals surface area (Å²) in [5.74, 6) is -1.82. The van der Waals surface area contributed by atoms with Crippen LogP contribution in [0.1, 0.15) is 83.1 Å². The Morgan fingerprint density at radius 2 is 0.791 bits per heavy atom. The van der Waals surface area contributed by atoms with Crippen LogP contribution in [0.2, 0.25) is 0 Å². The molecule has 0 aliphatic rings. The van der Waals surface area contributed by atoms with Crippen LogP contribution in [0.4, 0.5) is 32.3 Å². The zero-order valence-corrected chi connectivity index (χ0v) is 26.9. The van der Waals surface area contributed by atoms with Crippen molar-refractivity contribution in [3.63, 3.8) is 0 Å². The van der Waals surface area contributed by atoms with E-state index in [0.717, 1.165) is 0 Å². The number of ether oxygens (including phenoxy) is 4. The number of hydrogen-bond donors (Lipinski definition) is 5. The number of sulfonamides is 1. The van der Waals surface area contributed by atoms with Crippen LogP contribution in [0.5, 0.6) is 0 Å². The van der Waals surface area contributed by atoms with Crippen molar-refractivity contribution >= 4 is 46.3 Å². The molecule has 20 heteroatoms. The maximum absolute atomic E-state index is 12.4. The van der Waals surface area contributed by atoms with Crippen molar-refractivity contribution in [2.24, 2.45) is 4.40 Å². The van der Waals surface area contributed by atoms with Crippen molar-refractivity contribution in [3.8, 4) is 0 Å². The molecule has 0 rings (SSSR count). The number of guanidine groups is 2. The van der Waals surface area contributed by atoms with Crippen LogP contribution in [0.15, 0.2) is 4.40 Å². The van der Waals surface area contributed by atoms with E-state index in [1.807, 2.05) is 0 Å². The van der Waals surface area contributed by atoms with Crippen LogP contribution in [0, 0.1) is 5.41 Å². The minimum Gasteiger partial charge on any atom is -0.444 e. The smallest absolute Gasteiger partial charge is 0.444 e. The topological polar surface area (TPSA) is 224 Å². The second-order valence-corrected chi connectivity index (χ2v) is 13.8. The largest absolute Gasteiger partial charge is 0.518 e. The number of carbonyl (C=O) groups is 4. The highest BCUT2D eigenvalue weighted by Crippen LogP contribution is 2.24. The number of nitrogens with one attached hydrogen (secondary N) is 5. The van der Waals surface area contributed by atoms with Gasteiger partial charge in [0.25, 0.3) is 0 Å². The summed E-state index contributed by atoms with van der Waals surface area (Å²) in [4.78, 5) is 45.7.